The second-order valence-corrected chi connectivity index (χ2v) is 6.36. The molecule has 5 nitrogen and oxygen atoms in total. The molecule has 0 saturated heterocycles. The van der Waals surface area contributed by atoms with Crippen LogP contribution in [0.2, 0.25) is 0 Å². The number of aromatic nitrogens is 1. The van der Waals surface area contributed by atoms with Crippen molar-refractivity contribution in [3.05, 3.63) is 45.9 Å². The molecule has 1 aromatic heterocycles. The first-order valence-corrected chi connectivity index (χ1v) is 8.26. The minimum absolute atomic E-state index is 0.0179. The van der Waals surface area contributed by atoms with E-state index in [1.165, 1.54) is 5.56 Å². The van der Waals surface area contributed by atoms with Gasteiger partial charge in [-0.15, -0.1) is 11.3 Å². The van der Waals surface area contributed by atoms with Gasteiger partial charge in [-0.25, -0.2) is 9.78 Å². The standard InChI is InChI=1S/C16H19N3O2S/c1-11-19-13(10-22-11)6-7-17-16(20)18-9-14-8-12-4-2-3-5-15(12)21-14/h2-5,10,14H,6-9H2,1H3,(H2,17,18,20)/t14-/m1/s1. The largest absolute Gasteiger partial charge is 0.488 e. The summed E-state index contributed by atoms with van der Waals surface area (Å²) in [6.07, 6.45) is 1.61. The van der Waals surface area contributed by atoms with Crippen LogP contribution in [0.1, 0.15) is 16.3 Å². The number of aryl methyl sites for hydroxylation is 1. The highest BCUT2D eigenvalue weighted by Crippen LogP contribution is 2.27. The zero-order valence-electron chi connectivity index (χ0n) is 12.5. The summed E-state index contributed by atoms with van der Waals surface area (Å²) in [4.78, 5) is 16.1. The third kappa shape index (κ3) is 3.76. The van der Waals surface area contributed by atoms with Gasteiger partial charge in [-0.3, -0.25) is 0 Å². The summed E-state index contributed by atoms with van der Waals surface area (Å²) < 4.78 is 5.78. The number of nitrogens with zero attached hydrogens (tertiary/aromatic N) is 1. The normalized spacial score (nSPS) is 16.0. The van der Waals surface area contributed by atoms with E-state index in [0.29, 0.717) is 13.1 Å². The van der Waals surface area contributed by atoms with Gasteiger partial charge in [-0.1, -0.05) is 18.2 Å². The van der Waals surface area contributed by atoms with Crippen LogP contribution in [0.15, 0.2) is 29.6 Å². The number of hydrogen-bond acceptors (Lipinski definition) is 4. The number of carbonyl (C=O) groups excluding carboxylic acids is 1. The smallest absolute Gasteiger partial charge is 0.314 e. The zero-order valence-corrected chi connectivity index (χ0v) is 13.3. The van der Waals surface area contributed by atoms with Crippen molar-refractivity contribution in [2.45, 2.75) is 25.9 Å². The van der Waals surface area contributed by atoms with Gasteiger partial charge in [0.25, 0.3) is 0 Å². The SMILES string of the molecule is Cc1nc(CCNC(=O)NC[C@H]2Cc3ccccc3O2)cs1. The Morgan fingerprint density at radius 3 is 3.05 bits per heavy atom. The van der Waals surface area contributed by atoms with Gasteiger partial charge in [0.05, 0.1) is 17.2 Å². The van der Waals surface area contributed by atoms with Crippen molar-refractivity contribution in [3.8, 4) is 5.75 Å². The maximum absolute atomic E-state index is 11.8. The lowest BCUT2D eigenvalue weighted by Gasteiger charge is -2.12. The van der Waals surface area contributed by atoms with Gasteiger partial charge in [0, 0.05) is 24.8 Å². The molecule has 2 amide bonds. The van der Waals surface area contributed by atoms with Crippen molar-refractivity contribution in [2.24, 2.45) is 0 Å². The third-order valence-electron chi connectivity index (χ3n) is 3.54. The summed E-state index contributed by atoms with van der Waals surface area (Å²) in [7, 11) is 0. The van der Waals surface area contributed by atoms with Crippen LogP contribution in [-0.2, 0) is 12.8 Å². The number of thiazole rings is 1. The lowest BCUT2D eigenvalue weighted by Crippen LogP contribution is -2.41. The second kappa shape index (κ2) is 6.79. The number of benzene rings is 1. The fraction of sp³-hybridized carbons (Fsp3) is 0.375. The van der Waals surface area contributed by atoms with E-state index in [0.717, 1.165) is 29.3 Å². The first-order valence-electron chi connectivity index (χ1n) is 7.38. The molecule has 0 unspecified atom stereocenters. The highest BCUT2D eigenvalue weighted by molar-refractivity contribution is 7.09. The molecule has 1 aliphatic rings. The third-order valence-corrected chi connectivity index (χ3v) is 4.36. The molecule has 3 rings (SSSR count). The van der Waals surface area contributed by atoms with Gasteiger partial charge in [-0.05, 0) is 18.6 Å². The number of hydrogen-bond donors (Lipinski definition) is 2. The fourth-order valence-corrected chi connectivity index (χ4v) is 3.11. The van der Waals surface area contributed by atoms with Crippen LogP contribution in [0.25, 0.3) is 0 Å². The van der Waals surface area contributed by atoms with Gasteiger partial charge < -0.3 is 15.4 Å². The quantitative estimate of drug-likeness (QED) is 0.889. The molecular weight excluding hydrogens is 298 g/mol. The molecule has 0 saturated carbocycles. The van der Waals surface area contributed by atoms with Gasteiger partial charge in [0.1, 0.15) is 11.9 Å². The monoisotopic (exact) mass is 317 g/mol. The number of nitrogens with one attached hydrogen (secondary N) is 2. The number of urea groups is 1. The Bertz CT molecular complexity index is 631. The summed E-state index contributed by atoms with van der Waals surface area (Å²) in [5.41, 5.74) is 2.23. The number of rotatable bonds is 5. The number of para-hydroxylation sites is 1. The molecule has 2 heterocycles. The van der Waals surface area contributed by atoms with Crippen LogP contribution in [0.5, 0.6) is 5.75 Å². The highest BCUT2D eigenvalue weighted by Gasteiger charge is 2.22. The Labute approximate surface area is 133 Å². The Balaban J connectivity index is 1.35. The van der Waals surface area contributed by atoms with Gasteiger partial charge in [0.15, 0.2) is 0 Å². The van der Waals surface area contributed by atoms with Crippen LogP contribution in [0.4, 0.5) is 4.79 Å². The maximum atomic E-state index is 11.8. The molecule has 1 aromatic carbocycles. The lowest BCUT2D eigenvalue weighted by atomic mass is 10.1. The van der Waals surface area contributed by atoms with E-state index in [4.69, 9.17) is 4.74 Å². The van der Waals surface area contributed by atoms with E-state index in [1.54, 1.807) is 11.3 Å². The molecule has 0 fully saturated rings. The number of fused-ring (bicyclic) bond motifs is 1. The molecule has 22 heavy (non-hydrogen) atoms. The Morgan fingerprint density at radius 2 is 2.27 bits per heavy atom. The van der Waals surface area contributed by atoms with Crippen LogP contribution in [0.3, 0.4) is 0 Å². The van der Waals surface area contributed by atoms with Gasteiger partial charge in [0.2, 0.25) is 0 Å². The number of ether oxygens (including phenoxy) is 1. The van der Waals surface area contributed by atoms with E-state index in [1.807, 2.05) is 30.5 Å². The first kappa shape index (κ1) is 14.8. The molecule has 2 N–H and O–H groups in total. The topological polar surface area (TPSA) is 63.2 Å². The summed E-state index contributed by atoms with van der Waals surface area (Å²) >= 11 is 1.63. The predicted octanol–water partition coefficient (Wildman–Crippen LogP) is 2.30. The van der Waals surface area contributed by atoms with Crippen molar-refractivity contribution in [1.82, 2.24) is 15.6 Å². The van der Waals surface area contributed by atoms with E-state index < -0.39 is 0 Å². The fourth-order valence-electron chi connectivity index (χ4n) is 2.46. The molecular formula is C16H19N3O2S. The van der Waals surface area contributed by atoms with E-state index in [-0.39, 0.29) is 12.1 Å². The molecule has 6 heteroatoms. The Hall–Kier alpha value is -2.08. The van der Waals surface area contributed by atoms with Gasteiger partial charge in [-0.2, -0.15) is 0 Å². The minimum atomic E-state index is -0.161. The molecule has 116 valence electrons. The molecule has 1 atom stereocenters. The maximum Gasteiger partial charge on any atom is 0.314 e. The van der Waals surface area contributed by atoms with Crippen molar-refractivity contribution >= 4 is 17.4 Å². The molecule has 2 aromatic rings. The van der Waals surface area contributed by atoms with Crippen molar-refractivity contribution in [2.75, 3.05) is 13.1 Å². The van der Waals surface area contributed by atoms with E-state index in [9.17, 15) is 4.79 Å². The molecule has 0 radical (unpaired) electrons. The average molecular weight is 317 g/mol. The van der Waals surface area contributed by atoms with Crippen molar-refractivity contribution in [3.63, 3.8) is 0 Å². The minimum Gasteiger partial charge on any atom is -0.488 e. The first-order chi connectivity index (χ1) is 10.7. The average Bonchev–Trinajstić information content (AvgIpc) is 3.11. The lowest BCUT2D eigenvalue weighted by molar-refractivity contribution is 0.214. The predicted molar refractivity (Wildman–Crippen MR) is 86.5 cm³/mol. The summed E-state index contributed by atoms with van der Waals surface area (Å²) in [5.74, 6) is 0.925. The van der Waals surface area contributed by atoms with Crippen molar-refractivity contribution < 1.29 is 9.53 Å². The summed E-state index contributed by atoms with van der Waals surface area (Å²) in [6, 6.07) is 7.83. The summed E-state index contributed by atoms with van der Waals surface area (Å²) in [6.45, 7) is 3.07. The van der Waals surface area contributed by atoms with Crippen LogP contribution >= 0.6 is 11.3 Å². The van der Waals surface area contributed by atoms with E-state index >= 15 is 0 Å². The van der Waals surface area contributed by atoms with Crippen LogP contribution in [0, 0.1) is 6.92 Å². The zero-order chi connectivity index (χ0) is 15.4. The number of carbonyl (C=O) groups is 1. The van der Waals surface area contributed by atoms with Gasteiger partial charge >= 0.3 is 6.03 Å². The van der Waals surface area contributed by atoms with Crippen LogP contribution in [-0.4, -0.2) is 30.2 Å². The molecule has 0 spiro atoms. The molecule has 1 aliphatic heterocycles. The van der Waals surface area contributed by atoms with E-state index in [2.05, 4.69) is 21.7 Å². The number of amides is 2. The Morgan fingerprint density at radius 1 is 1.41 bits per heavy atom. The molecule has 0 bridgehead atoms. The van der Waals surface area contributed by atoms with Crippen LogP contribution < -0.4 is 15.4 Å². The highest BCUT2D eigenvalue weighted by atomic mass is 32.1. The second-order valence-electron chi connectivity index (χ2n) is 5.30. The van der Waals surface area contributed by atoms with Crippen molar-refractivity contribution in [1.29, 1.82) is 0 Å². The summed E-state index contributed by atoms with van der Waals surface area (Å²) in [5, 5.41) is 8.78. The Kier molecular flexibility index (Phi) is 4.58. The molecule has 0 aliphatic carbocycles.